The van der Waals surface area contributed by atoms with Crippen molar-refractivity contribution in [2.24, 2.45) is 0 Å². The van der Waals surface area contributed by atoms with E-state index in [1.54, 1.807) is 6.20 Å². The Hall–Kier alpha value is -2.10. The molecule has 92 valence electrons. The molecule has 2 heterocycles. The number of esters is 1. The lowest BCUT2D eigenvalue weighted by Crippen LogP contribution is -2.03. The normalized spacial score (nSPS) is 17.5. The molecular weight excluding hydrogens is 228 g/mol. The maximum absolute atomic E-state index is 11.5. The number of aryl methyl sites for hydroxylation is 1. The summed E-state index contributed by atoms with van der Waals surface area (Å²) in [4.78, 5) is 15.9. The highest BCUT2D eigenvalue weighted by atomic mass is 16.5. The highest BCUT2D eigenvalue weighted by Gasteiger charge is 2.28. The van der Waals surface area contributed by atoms with Gasteiger partial charge in [-0.2, -0.15) is 0 Å². The summed E-state index contributed by atoms with van der Waals surface area (Å²) >= 11 is 0. The molecule has 0 aliphatic carbocycles. The van der Waals surface area contributed by atoms with Gasteiger partial charge in [-0.05, 0) is 12.0 Å². The summed E-state index contributed by atoms with van der Waals surface area (Å²) in [7, 11) is 1.38. The number of fused-ring (bicyclic) bond motifs is 1. The van der Waals surface area contributed by atoms with Gasteiger partial charge >= 0.3 is 5.97 Å². The molecule has 1 aliphatic heterocycles. The van der Waals surface area contributed by atoms with Gasteiger partial charge in [-0.3, -0.25) is 0 Å². The van der Waals surface area contributed by atoms with Crippen LogP contribution in [0.3, 0.4) is 0 Å². The van der Waals surface area contributed by atoms with Crippen LogP contribution in [0.1, 0.15) is 34.2 Å². The van der Waals surface area contributed by atoms with E-state index >= 15 is 0 Å². The third-order valence-electron chi connectivity index (χ3n) is 3.37. The number of aromatic nitrogens is 2. The van der Waals surface area contributed by atoms with Crippen LogP contribution in [0, 0.1) is 0 Å². The molecule has 0 fully saturated rings. The molecule has 0 saturated heterocycles. The third kappa shape index (κ3) is 1.70. The summed E-state index contributed by atoms with van der Waals surface area (Å²) in [5.41, 5.74) is 1.64. The Morgan fingerprint density at radius 1 is 1.39 bits per heavy atom. The van der Waals surface area contributed by atoms with Crippen LogP contribution in [-0.2, 0) is 11.3 Å². The maximum Gasteiger partial charge on any atom is 0.358 e. The molecule has 1 unspecified atom stereocenters. The van der Waals surface area contributed by atoms with Gasteiger partial charge in [0.15, 0.2) is 5.69 Å². The Morgan fingerprint density at radius 3 is 2.89 bits per heavy atom. The van der Waals surface area contributed by atoms with Gasteiger partial charge in [0.25, 0.3) is 0 Å². The van der Waals surface area contributed by atoms with Crippen molar-refractivity contribution in [2.45, 2.75) is 18.9 Å². The van der Waals surface area contributed by atoms with Crippen molar-refractivity contribution in [3.8, 4) is 0 Å². The van der Waals surface area contributed by atoms with Gasteiger partial charge < -0.3 is 9.30 Å². The van der Waals surface area contributed by atoms with Gasteiger partial charge in [0.2, 0.25) is 0 Å². The van der Waals surface area contributed by atoms with E-state index in [4.69, 9.17) is 4.74 Å². The predicted octanol–water partition coefficient (Wildman–Crippen LogP) is 2.21. The highest BCUT2D eigenvalue weighted by Crippen LogP contribution is 2.33. The number of benzene rings is 1. The second-order valence-corrected chi connectivity index (χ2v) is 4.42. The van der Waals surface area contributed by atoms with E-state index in [1.165, 1.54) is 12.7 Å². The van der Waals surface area contributed by atoms with Crippen LogP contribution in [-0.4, -0.2) is 22.6 Å². The van der Waals surface area contributed by atoms with E-state index in [0.717, 1.165) is 18.8 Å². The molecule has 4 heteroatoms. The van der Waals surface area contributed by atoms with Crippen LogP contribution in [0.15, 0.2) is 36.5 Å². The van der Waals surface area contributed by atoms with E-state index < -0.39 is 0 Å². The number of carbonyl (C=O) groups is 1. The number of hydrogen-bond acceptors (Lipinski definition) is 3. The largest absolute Gasteiger partial charge is 0.464 e. The molecule has 0 radical (unpaired) electrons. The van der Waals surface area contributed by atoms with Gasteiger partial charge in [0.05, 0.1) is 7.11 Å². The Morgan fingerprint density at radius 2 is 2.17 bits per heavy atom. The molecule has 0 saturated carbocycles. The monoisotopic (exact) mass is 242 g/mol. The summed E-state index contributed by atoms with van der Waals surface area (Å²) in [6.07, 6.45) is 2.82. The second-order valence-electron chi connectivity index (χ2n) is 4.42. The fraction of sp³-hybridized carbons (Fsp3) is 0.286. The van der Waals surface area contributed by atoms with Crippen molar-refractivity contribution >= 4 is 5.97 Å². The lowest BCUT2D eigenvalue weighted by molar-refractivity contribution is 0.0594. The fourth-order valence-corrected chi connectivity index (χ4v) is 2.49. The minimum absolute atomic E-state index is 0.282. The van der Waals surface area contributed by atoms with Gasteiger partial charge in [0, 0.05) is 18.7 Å². The first kappa shape index (κ1) is 11.0. The zero-order valence-electron chi connectivity index (χ0n) is 10.2. The zero-order valence-corrected chi connectivity index (χ0v) is 10.2. The summed E-state index contributed by atoms with van der Waals surface area (Å²) in [6.45, 7) is 0.902. The van der Waals surface area contributed by atoms with Gasteiger partial charge in [-0.1, -0.05) is 30.3 Å². The molecule has 3 rings (SSSR count). The lowest BCUT2D eigenvalue weighted by atomic mass is 9.97. The molecule has 1 aromatic heterocycles. The molecule has 1 aromatic carbocycles. The van der Waals surface area contributed by atoms with E-state index in [-0.39, 0.29) is 11.9 Å². The quantitative estimate of drug-likeness (QED) is 0.758. The van der Waals surface area contributed by atoms with Crippen molar-refractivity contribution in [1.82, 2.24) is 9.55 Å². The van der Waals surface area contributed by atoms with Crippen molar-refractivity contribution in [1.29, 1.82) is 0 Å². The predicted molar refractivity (Wildman–Crippen MR) is 66.5 cm³/mol. The molecule has 1 atom stereocenters. The topological polar surface area (TPSA) is 44.1 Å². The van der Waals surface area contributed by atoms with Gasteiger partial charge in [0.1, 0.15) is 5.82 Å². The lowest BCUT2D eigenvalue weighted by Gasteiger charge is -2.07. The smallest absolute Gasteiger partial charge is 0.358 e. The molecular formula is C14H14N2O2. The molecule has 0 N–H and O–H groups in total. The Bertz CT molecular complexity index is 575. The number of nitrogens with zero attached hydrogens (tertiary/aromatic N) is 2. The van der Waals surface area contributed by atoms with Crippen LogP contribution in [0.4, 0.5) is 0 Å². The van der Waals surface area contributed by atoms with E-state index in [0.29, 0.717) is 5.69 Å². The maximum atomic E-state index is 11.5. The first-order valence-electron chi connectivity index (χ1n) is 6.00. The highest BCUT2D eigenvalue weighted by molar-refractivity contribution is 5.87. The summed E-state index contributed by atoms with van der Waals surface area (Å²) in [6, 6.07) is 10.3. The van der Waals surface area contributed by atoms with Crippen molar-refractivity contribution in [3.05, 3.63) is 53.6 Å². The molecule has 18 heavy (non-hydrogen) atoms. The number of methoxy groups -OCH3 is 1. The molecule has 1 aliphatic rings. The average molecular weight is 242 g/mol. The van der Waals surface area contributed by atoms with Crippen molar-refractivity contribution < 1.29 is 9.53 Å². The number of ether oxygens (including phenoxy) is 1. The van der Waals surface area contributed by atoms with Gasteiger partial charge in [-0.25, -0.2) is 9.78 Å². The number of carbonyl (C=O) groups excluding carboxylic acids is 1. The Kier molecular flexibility index (Phi) is 2.63. The van der Waals surface area contributed by atoms with Crippen LogP contribution in [0.5, 0.6) is 0 Å². The Labute approximate surface area is 105 Å². The minimum atomic E-state index is -0.372. The van der Waals surface area contributed by atoms with E-state index in [1.807, 2.05) is 22.8 Å². The minimum Gasteiger partial charge on any atom is -0.464 e. The SMILES string of the molecule is COC(=O)c1cn2c(n1)C(c1ccccc1)CC2. The van der Waals surface area contributed by atoms with Crippen LogP contribution in [0.25, 0.3) is 0 Å². The van der Waals surface area contributed by atoms with Crippen molar-refractivity contribution in [3.63, 3.8) is 0 Å². The summed E-state index contributed by atoms with van der Waals surface area (Å²) in [5.74, 6) is 0.870. The second kappa shape index (κ2) is 4.29. The van der Waals surface area contributed by atoms with Crippen LogP contribution < -0.4 is 0 Å². The first-order chi connectivity index (χ1) is 8.79. The molecule has 0 amide bonds. The molecule has 0 spiro atoms. The Balaban J connectivity index is 1.97. The number of hydrogen-bond donors (Lipinski definition) is 0. The van der Waals surface area contributed by atoms with Crippen LogP contribution >= 0.6 is 0 Å². The van der Waals surface area contributed by atoms with Gasteiger partial charge in [-0.15, -0.1) is 0 Å². The molecule has 2 aromatic rings. The summed E-state index contributed by atoms with van der Waals surface area (Å²) < 4.78 is 6.74. The van der Waals surface area contributed by atoms with E-state index in [2.05, 4.69) is 17.1 Å². The first-order valence-corrected chi connectivity index (χ1v) is 6.00. The van der Waals surface area contributed by atoms with E-state index in [9.17, 15) is 4.79 Å². The number of rotatable bonds is 2. The molecule has 4 nitrogen and oxygen atoms in total. The summed E-state index contributed by atoms with van der Waals surface area (Å²) in [5, 5.41) is 0. The third-order valence-corrected chi connectivity index (χ3v) is 3.37. The van der Waals surface area contributed by atoms with Crippen molar-refractivity contribution in [2.75, 3.05) is 7.11 Å². The fourth-order valence-electron chi connectivity index (χ4n) is 2.49. The molecule has 0 bridgehead atoms. The standard InChI is InChI=1S/C14H14N2O2/c1-18-14(17)12-9-16-8-7-11(13(16)15-12)10-5-3-2-4-6-10/h2-6,9,11H,7-8H2,1H3. The average Bonchev–Trinajstić information content (AvgIpc) is 2.98. The number of imidazole rings is 1. The zero-order chi connectivity index (χ0) is 12.5. The van der Waals surface area contributed by atoms with Crippen LogP contribution in [0.2, 0.25) is 0 Å².